The van der Waals surface area contributed by atoms with Gasteiger partial charge in [0.25, 0.3) is 5.91 Å². The Labute approximate surface area is 226 Å². The Kier molecular flexibility index (Phi) is 8.45. The monoisotopic (exact) mass is 566 g/mol. The van der Waals surface area contributed by atoms with Crippen LogP contribution < -0.4 is 15.4 Å². The molecule has 1 aromatic carbocycles. The fourth-order valence-electron chi connectivity index (χ4n) is 4.65. The van der Waals surface area contributed by atoms with Gasteiger partial charge in [0.05, 0.1) is 17.2 Å². The molecule has 2 aromatic heterocycles. The normalized spacial score (nSPS) is 16.1. The van der Waals surface area contributed by atoms with Gasteiger partial charge < -0.3 is 25.1 Å². The number of nitrogens with one attached hydrogen (secondary N) is 2. The minimum Gasteiger partial charge on any atom is -0.618 e. The number of methoxy groups -OCH3 is 1. The molecule has 13 heteroatoms. The number of carbonyl (C=O) groups is 2. The van der Waals surface area contributed by atoms with Crippen molar-refractivity contribution in [3.05, 3.63) is 69.7 Å². The molecule has 0 unspecified atom stereocenters. The molecule has 2 heterocycles. The number of ether oxygens (including phenoxy) is 1. The molecule has 0 radical (unpaired) electrons. The number of aromatic nitrogens is 2. The fraction of sp³-hybridized carbons (Fsp3) is 0.385. The Balaban J connectivity index is 1.58. The molecule has 208 valence electrons. The summed E-state index contributed by atoms with van der Waals surface area (Å²) in [6, 6.07) is 3.98. The van der Waals surface area contributed by atoms with Gasteiger partial charge in [0.2, 0.25) is 11.8 Å². The number of carbonyl (C=O) groups excluding carboxylic acids is 2. The molecule has 9 nitrogen and oxygen atoms in total. The molecule has 1 fully saturated rings. The average molecular weight is 567 g/mol. The van der Waals surface area contributed by atoms with Crippen LogP contribution in [0.2, 0.25) is 5.02 Å². The zero-order valence-corrected chi connectivity index (χ0v) is 21.9. The first-order chi connectivity index (χ1) is 18.5. The van der Waals surface area contributed by atoms with E-state index in [1.807, 2.05) is 0 Å². The Morgan fingerprint density at radius 1 is 1.31 bits per heavy atom. The van der Waals surface area contributed by atoms with Gasteiger partial charge in [-0.3, -0.25) is 9.59 Å². The zero-order valence-electron chi connectivity index (χ0n) is 21.1. The number of benzene rings is 1. The molecule has 2 N–H and O–H groups in total. The lowest BCUT2D eigenvalue weighted by Crippen LogP contribution is -2.50. The third-order valence-corrected chi connectivity index (χ3v) is 7.08. The fourth-order valence-corrected chi connectivity index (χ4v) is 4.94. The van der Waals surface area contributed by atoms with E-state index in [0.29, 0.717) is 4.73 Å². The molecule has 1 aliphatic rings. The van der Waals surface area contributed by atoms with Gasteiger partial charge in [-0.15, -0.1) is 0 Å². The van der Waals surface area contributed by atoms with Crippen molar-refractivity contribution in [2.75, 3.05) is 12.4 Å². The molecule has 3 aromatic rings. The molecule has 0 bridgehead atoms. The van der Waals surface area contributed by atoms with E-state index >= 15 is 4.39 Å². The smallest absolute Gasteiger partial charge is 0.257 e. The predicted octanol–water partition coefficient (Wildman–Crippen LogP) is 4.78. The second-order valence-corrected chi connectivity index (χ2v) is 9.79. The SMILES string of the molecule is COCc1nocc1C(=O)N[C@H](C(=O)Nc1ccc(-c2c(Cl)cc[n+]([O-])c2C)c(F)c1)C1CCC(F)(F)CC1. The summed E-state index contributed by atoms with van der Waals surface area (Å²) in [5, 5.41) is 21.0. The van der Waals surface area contributed by atoms with E-state index in [2.05, 4.69) is 15.8 Å². The predicted molar refractivity (Wildman–Crippen MR) is 135 cm³/mol. The Morgan fingerprint density at radius 2 is 2.03 bits per heavy atom. The maximum absolute atomic E-state index is 15.1. The number of hydrogen-bond donors (Lipinski definition) is 2. The largest absolute Gasteiger partial charge is 0.618 e. The van der Waals surface area contributed by atoms with Gasteiger partial charge in [-0.25, -0.2) is 13.2 Å². The number of anilines is 1. The van der Waals surface area contributed by atoms with Gasteiger partial charge in [0.15, 0.2) is 11.9 Å². The first-order valence-electron chi connectivity index (χ1n) is 12.1. The van der Waals surface area contributed by atoms with Crippen molar-refractivity contribution in [1.29, 1.82) is 0 Å². The molecule has 1 atom stereocenters. The highest BCUT2D eigenvalue weighted by Crippen LogP contribution is 2.38. The minimum atomic E-state index is -2.85. The van der Waals surface area contributed by atoms with Crippen LogP contribution in [0.15, 0.2) is 41.2 Å². The number of amides is 2. The summed E-state index contributed by atoms with van der Waals surface area (Å²) in [7, 11) is 1.41. The molecule has 1 aliphatic carbocycles. The van der Waals surface area contributed by atoms with Crippen LogP contribution in [0.25, 0.3) is 11.1 Å². The van der Waals surface area contributed by atoms with Crippen molar-refractivity contribution >= 4 is 29.1 Å². The number of pyridine rings is 1. The quantitative estimate of drug-likeness (QED) is 0.299. The van der Waals surface area contributed by atoms with Gasteiger partial charge in [-0.05, 0) is 37.0 Å². The van der Waals surface area contributed by atoms with Crippen LogP contribution >= 0.6 is 11.6 Å². The number of rotatable bonds is 8. The van der Waals surface area contributed by atoms with E-state index in [1.54, 1.807) is 0 Å². The number of alkyl halides is 2. The zero-order chi connectivity index (χ0) is 28.3. The standard InChI is InChI=1S/C26H26ClF3N4O5/c1-14-22(19(27)7-10-34(14)37)17-4-3-16(11-20(17)28)31-25(36)23(15-5-8-26(29,30)9-6-15)32-24(35)18-12-39-33-21(18)13-38-2/h3-4,7,10-12,15,23H,5-6,8-9,13H2,1-2H3,(H,31,36)(H,32,35)/t23-/m0/s1. The summed E-state index contributed by atoms with van der Waals surface area (Å²) in [5.41, 5.74) is 0.757. The van der Waals surface area contributed by atoms with Gasteiger partial charge in [0, 0.05) is 44.2 Å². The summed E-state index contributed by atoms with van der Waals surface area (Å²) >= 11 is 6.20. The van der Waals surface area contributed by atoms with Gasteiger partial charge in [-0.2, -0.15) is 4.73 Å². The van der Waals surface area contributed by atoms with Gasteiger partial charge in [0.1, 0.15) is 29.4 Å². The van der Waals surface area contributed by atoms with E-state index in [9.17, 15) is 23.6 Å². The van der Waals surface area contributed by atoms with E-state index in [-0.39, 0.29) is 58.2 Å². The topological polar surface area (TPSA) is 120 Å². The highest BCUT2D eigenvalue weighted by atomic mass is 35.5. The molecule has 1 saturated carbocycles. The number of nitrogens with zero attached hydrogens (tertiary/aromatic N) is 2. The van der Waals surface area contributed by atoms with Crippen molar-refractivity contribution in [2.24, 2.45) is 5.92 Å². The highest BCUT2D eigenvalue weighted by molar-refractivity contribution is 6.33. The molecule has 39 heavy (non-hydrogen) atoms. The van der Waals surface area contributed by atoms with Crippen molar-refractivity contribution in [2.45, 2.75) is 51.2 Å². The minimum absolute atomic E-state index is 0.00574. The Bertz CT molecular complexity index is 1370. The summed E-state index contributed by atoms with van der Waals surface area (Å²) < 4.78 is 53.2. The van der Waals surface area contributed by atoms with Crippen LogP contribution in [0.1, 0.15) is 47.4 Å². The maximum Gasteiger partial charge on any atom is 0.257 e. The van der Waals surface area contributed by atoms with Crippen LogP contribution in [0.3, 0.4) is 0 Å². The molecule has 0 spiro atoms. The van der Waals surface area contributed by atoms with E-state index < -0.39 is 48.4 Å². The summed E-state index contributed by atoms with van der Waals surface area (Å²) in [6.07, 6.45) is 1.44. The van der Waals surface area contributed by atoms with E-state index in [4.69, 9.17) is 20.9 Å². The lowest BCUT2D eigenvalue weighted by atomic mass is 9.81. The second-order valence-electron chi connectivity index (χ2n) is 9.39. The first-order valence-corrected chi connectivity index (χ1v) is 12.5. The van der Waals surface area contributed by atoms with Crippen LogP contribution in [0.4, 0.5) is 18.9 Å². The third kappa shape index (κ3) is 6.34. The molecular formula is C26H26ClF3N4O5. The lowest BCUT2D eigenvalue weighted by molar-refractivity contribution is -0.611. The number of halogens is 4. The molecule has 4 rings (SSSR count). The van der Waals surface area contributed by atoms with Gasteiger partial charge in [-0.1, -0.05) is 16.8 Å². The van der Waals surface area contributed by atoms with Crippen LogP contribution in [0.5, 0.6) is 0 Å². The molecule has 0 saturated heterocycles. The van der Waals surface area contributed by atoms with Crippen molar-refractivity contribution in [3.63, 3.8) is 0 Å². The number of hydrogen-bond acceptors (Lipinski definition) is 6. The first kappa shape index (κ1) is 28.4. The lowest BCUT2D eigenvalue weighted by Gasteiger charge is -2.33. The molecule has 0 aliphatic heterocycles. The van der Waals surface area contributed by atoms with Crippen molar-refractivity contribution in [3.8, 4) is 11.1 Å². The van der Waals surface area contributed by atoms with Crippen molar-refractivity contribution in [1.82, 2.24) is 10.5 Å². The summed E-state index contributed by atoms with van der Waals surface area (Å²) in [5.74, 6) is -5.60. The van der Waals surface area contributed by atoms with E-state index in [1.165, 1.54) is 38.4 Å². The second kappa shape index (κ2) is 11.6. The van der Waals surface area contributed by atoms with Crippen LogP contribution in [-0.2, 0) is 16.1 Å². The molecular weight excluding hydrogens is 541 g/mol. The van der Waals surface area contributed by atoms with E-state index in [0.717, 1.165) is 12.3 Å². The van der Waals surface area contributed by atoms with Gasteiger partial charge >= 0.3 is 0 Å². The average Bonchev–Trinajstić information content (AvgIpc) is 3.35. The maximum atomic E-state index is 15.1. The summed E-state index contributed by atoms with van der Waals surface area (Å²) in [4.78, 5) is 26.3. The highest BCUT2D eigenvalue weighted by Gasteiger charge is 2.40. The van der Waals surface area contributed by atoms with Crippen LogP contribution in [0, 0.1) is 23.9 Å². The Hall–Kier alpha value is -3.64. The third-order valence-electron chi connectivity index (χ3n) is 6.77. The van der Waals surface area contributed by atoms with Crippen LogP contribution in [-0.4, -0.2) is 36.0 Å². The summed E-state index contributed by atoms with van der Waals surface area (Å²) in [6.45, 7) is 1.48. The molecule has 2 amide bonds. The van der Waals surface area contributed by atoms with Crippen molar-refractivity contribution < 1.29 is 36.8 Å². The Morgan fingerprint density at radius 3 is 2.69 bits per heavy atom.